The number of nitrogens with zero attached hydrogens (tertiary/aromatic N) is 4. The zero-order chi connectivity index (χ0) is 32.5. The highest BCUT2D eigenvalue weighted by molar-refractivity contribution is 5.87. The maximum atomic E-state index is 13.5. The normalized spacial score (nSPS) is 17.4. The topological polar surface area (TPSA) is 129 Å². The molecule has 3 N–H and O–H groups in total. The molecule has 2 amide bonds. The van der Waals surface area contributed by atoms with Crippen LogP contribution in [0.5, 0.6) is 0 Å². The molecule has 2 fully saturated rings. The third kappa shape index (κ3) is 6.24. The number of rotatable bonds is 8. The number of carbonyl (C=O) groups excluding carboxylic acids is 2. The number of aromatic nitrogens is 5. The van der Waals surface area contributed by atoms with Crippen molar-refractivity contribution >= 4 is 22.9 Å². The number of likely N-dealkylation sites (tertiary alicyclic amines) is 1. The van der Waals surface area contributed by atoms with Crippen LogP contribution in [-0.2, 0) is 9.53 Å². The minimum Gasteiger partial charge on any atom is -0.453 e. The number of benzene rings is 2. The largest absolute Gasteiger partial charge is 0.453 e. The molecule has 5 aromatic rings. The van der Waals surface area contributed by atoms with E-state index in [1.165, 1.54) is 32.8 Å². The summed E-state index contributed by atoms with van der Waals surface area (Å²) in [5.41, 5.74) is 6.97. The van der Waals surface area contributed by atoms with Crippen molar-refractivity contribution in [1.29, 1.82) is 0 Å². The summed E-state index contributed by atoms with van der Waals surface area (Å²) in [5.74, 6) is 2.18. The Morgan fingerprint density at radius 1 is 0.851 bits per heavy atom. The van der Waals surface area contributed by atoms with E-state index in [1.54, 1.807) is 0 Å². The van der Waals surface area contributed by atoms with E-state index in [9.17, 15) is 9.59 Å². The fraction of sp³-hybridized carbons (Fsp3) is 0.378. The molecule has 1 aliphatic carbocycles. The fourth-order valence-corrected chi connectivity index (χ4v) is 7.02. The van der Waals surface area contributed by atoms with Gasteiger partial charge in [-0.3, -0.25) is 4.79 Å². The van der Waals surface area contributed by atoms with Crippen molar-refractivity contribution in [3.8, 4) is 33.8 Å². The van der Waals surface area contributed by atoms with E-state index < -0.39 is 12.1 Å². The highest BCUT2D eigenvalue weighted by Crippen LogP contribution is 2.35. The van der Waals surface area contributed by atoms with Gasteiger partial charge in [0.05, 0.1) is 48.1 Å². The highest BCUT2D eigenvalue weighted by atomic mass is 16.5. The van der Waals surface area contributed by atoms with E-state index in [1.807, 2.05) is 31.1 Å². The number of hydrogen-bond donors (Lipinski definition) is 3. The molecule has 0 bridgehead atoms. The van der Waals surface area contributed by atoms with Gasteiger partial charge < -0.3 is 24.9 Å². The van der Waals surface area contributed by atoms with Crippen molar-refractivity contribution in [3.63, 3.8) is 0 Å². The summed E-state index contributed by atoms with van der Waals surface area (Å²) in [6, 6.07) is 18.1. The lowest BCUT2D eigenvalue weighted by atomic mass is 10.0. The summed E-state index contributed by atoms with van der Waals surface area (Å²) in [6.45, 7) is 4.45. The van der Waals surface area contributed by atoms with Gasteiger partial charge in [0.1, 0.15) is 17.7 Å². The van der Waals surface area contributed by atoms with Crippen LogP contribution >= 0.6 is 0 Å². The van der Waals surface area contributed by atoms with E-state index in [0.717, 1.165) is 69.2 Å². The average molecular weight is 632 g/mol. The smallest absolute Gasteiger partial charge is 0.407 e. The molecule has 47 heavy (non-hydrogen) atoms. The fourth-order valence-electron chi connectivity index (χ4n) is 7.02. The number of imidazole rings is 2. The molecule has 1 saturated heterocycles. The van der Waals surface area contributed by atoms with Crippen molar-refractivity contribution in [1.82, 2.24) is 35.1 Å². The van der Waals surface area contributed by atoms with Crippen LogP contribution in [0.4, 0.5) is 4.79 Å². The van der Waals surface area contributed by atoms with Gasteiger partial charge in [-0.1, -0.05) is 63.1 Å². The summed E-state index contributed by atoms with van der Waals surface area (Å²) in [5, 5.41) is 3.79. The Morgan fingerprint density at radius 2 is 1.55 bits per heavy atom. The lowest BCUT2D eigenvalue weighted by Gasteiger charge is -2.30. The lowest BCUT2D eigenvalue weighted by Crippen LogP contribution is -2.51. The van der Waals surface area contributed by atoms with Crippen molar-refractivity contribution in [3.05, 3.63) is 78.6 Å². The third-order valence-corrected chi connectivity index (χ3v) is 9.67. The number of hydrogen-bond acceptors (Lipinski definition) is 6. The quantitative estimate of drug-likeness (QED) is 0.164. The Labute approximate surface area is 274 Å². The number of fused-ring (bicyclic) bond motifs is 1. The Hall–Kier alpha value is -4.99. The van der Waals surface area contributed by atoms with Crippen LogP contribution in [0.15, 0.2) is 67.0 Å². The maximum Gasteiger partial charge on any atom is 0.407 e. The van der Waals surface area contributed by atoms with Gasteiger partial charge in [-0.2, -0.15) is 0 Å². The zero-order valence-electron chi connectivity index (χ0n) is 27.1. The Bertz CT molecular complexity index is 1890. The molecular weight excluding hydrogens is 590 g/mol. The van der Waals surface area contributed by atoms with Crippen LogP contribution in [0.2, 0.25) is 0 Å². The number of amides is 2. The maximum absolute atomic E-state index is 13.5. The molecule has 3 aromatic heterocycles. The number of aromatic amines is 2. The van der Waals surface area contributed by atoms with Gasteiger partial charge in [-0.25, -0.2) is 19.7 Å². The summed E-state index contributed by atoms with van der Waals surface area (Å²) in [6.07, 6.45) is 9.80. The summed E-state index contributed by atoms with van der Waals surface area (Å²) in [4.78, 5) is 48.5. The van der Waals surface area contributed by atoms with Crippen molar-refractivity contribution < 1.29 is 14.3 Å². The second-order valence-corrected chi connectivity index (χ2v) is 13.1. The second-order valence-electron chi connectivity index (χ2n) is 13.1. The van der Waals surface area contributed by atoms with Crippen LogP contribution in [0, 0.1) is 5.92 Å². The molecule has 7 rings (SSSR count). The first-order chi connectivity index (χ1) is 22.9. The number of H-pyrrole nitrogens is 2. The van der Waals surface area contributed by atoms with E-state index in [4.69, 9.17) is 9.72 Å². The molecule has 1 aliphatic heterocycles. The van der Waals surface area contributed by atoms with Gasteiger partial charge in [0.15, 0.2) is 0 Å². The Morgan fingerprint density at radius 3 is 2.32 bits per heavy atom. The summed E-state index contributed by atoms with van der Waals surface area (Å²) in [7, 11) is 1.30. The zero-order valence-corrected chi connectivity index (χ0v) is 27.1. The molecule has 242 valence electrons. The monoisotopic (exact) mass is 631 g/mol. The highest BCUT2D eigenvalue weighted by Gasteiger charge is 2.37. The molecule has 10 heteroatoms. The Kier molecular flexibility index (Phi) is 8.49. The molecule has 1 saturated carbocycles. The van der Waals surface area contributed by atoms with Crippen molar-refractivity contribution in [2.45, 2.75) is 70.4 Å². The van der Waals surface area contributed by atoms with Gasteiger partial charge in [-0.15, -0.1) is 0 Å². The molecule has 10 nitrogen and oxygen atoms in total. The number of alkyl carbamates (subject to hydrolysis) is 1. The van der Waals surface area contributed by atoms with Crippen LogP contribution in [0.3, 0.4) is 0 Å². The molecule has 2 aliphatic rings. The molecule has 2 unspecified atom stereocenters. The molecule has 4 heterocycles. The molecule has 2 aromatic carbocycles. The first-order valence-electron chi connectivity index (χ1n) is 16.6. The number of carbonyl (C=O) groups is 2. The van der Waals surface area contributed by atoms with Crippen molar-refractivity contribution in [2.75, 3.05) is 13.7 Å². The molecule has 2 atom stereocenters. The lowest BCUT2D eigenvalue weighted by molar-refractivity contribution is -0.135. The minimum absolute atomic E-state index is 0.0821. The predicted molar refractivity (Wildman–Crippen MR) is 181 cm³/mol. The average Bonchev–Trinajstić information content (AvgIpc) is 3.93. The van der Waals surface area contributed by atoms with Crippen LogP contribution in [-0.4, -0.2) is 61.5 Å². The third-order valence-electron chi connectivity index (χ3n) is 9.67. The molecular formula is C37H41N7O3. The SMILES string of the molecule is COC(=O)NC(C(=O)N1CCCC1c1ncc(-c2ccc(-c3ccc4nc(-c5cnc(C6CCCC6)[nH]5)ccc4c3)cc2)[nH]1)C(C)C. The molecule has 0 radical (unpaired) electrons. The first kappa shape index (κ1) is 30.7. The number of ether oxygens (including phenoxy) is 1. The van der Waals surface area contributed by atoms with Crippen LogP contribution in [0.25, 0.3) is 44.7 Å². The van der Waals surface area contributed by atoms with Gasteiger partial charge in [-0.05, 0) is 66.5 Å². The van der Waals surface area contributed by atoms with Crippen LogP contribution in [0.1, 0.15) is 76.0 Å². The van der Waals surface area contributed by atoms with Gasteiger partial charge in [0.25, 0.3) is 0 Å². The van der Waals surface area contributed by atoms with Crippen molar-refractivity contribution in [2.24, 2.45) is 5.92 Å². The van der Waals surface area contributed by atoms with E-state index in [2.05, 4.69) is 79.9 Å². The number of nitrogens with one attached hydrogen (secondary N) is 3. The van der Waals surface area contributed by atoms with Gasteiger partial charge in [0, 0.05) is 17.8 Å². The Balaban J connectivity index is 1.05. The van der Waals surface area contributed by atoms with Gasteiger partial charge >= 0.3 is 6.09 Å². The standard InChI is InChI=1S/C37H41N7O3/c1-22(2)33(43-37(46)47-3)36(45)44-18-6-9-32(44)35-39-20-30(41-35)24-12-10-23(11-13-24)26-14-16-28-27(19-26)15-17-29(40-28)31-21-38-34(42-31)25-7-4-5-8-25/h10-17,19-22,25,32-33H,4-9,18H2,1-3H3,(H,38,42)(H,39,41)(H,43,46). The van der Waals surface area contributed by atoms with Crippen LogP contribution < -0.4 is 5.32 Å². The summed E-state index contributed by atoms with van der Waals surface area (Å²) >= 11 is 0. The van der Waals surface area contributed by atoms with E-state index in [0.29, 0.717) is 12.5 Å². The number of pyridine rings is 1. The number of methoxy groups -OCH3 is 1. The minimum atomic E-state index is -0.663. The second kappa shape index (κ2) is 13.0. The summed E-state index contributed by atoms with van der Waals surface area (Å²) < 4.78 is 4.75. The molecule has 0 spiro atoms. The first-order valence-corrected chi connectivity index (χ1v) is 16.6. The predicted octanol–water partition coefficient (Wildman–Crippen LogP) is 7.38. The van der Waals surface area contributed by atoms with E-state index in [-0.39, 0.29) is 17.9 Å². The van der Waals surface area contributed by atoms with Gasteiger partial charge in [0.2, 0.25) is 5.91 Å². The van der Waals surface area contributed by atoms with E-state index >= 15 is 0 Å².